The molecular weight excluding hydrogens is 380 g/mol. The van der Waals surface area contributed by atoms with Gasteiger partial charge in [-0.25, -0.2) is 13.2 Å². The maximum absolute atomic E-state index is 12.8. The summed E-state index contributed by atoms with van der Waals surface area (Å²) < 4.78 is 32.6. The van der Waals surface area contributed by atoms with Crippen LogP contribution in [0.3, 0.4) is 0 Å². The molecule has 148 valence electrons. The van der Waals surface area contributed by atoms with Gasteiger partial charge in [0.15, 0.2) is 0 Å². The predicted molar refractivity (Wildman–Crippen MR) is 105 cm³/mol. The fourth-order valence-corrected chi connectivity index (χ4v) is 4.18. The van der Waals surface area contributed by atoms with Crippen molar-refractivity contribution in [3.8, 4) is 0 Å². The lowest BCUT2D eigenvalue weighted by Crippen LogP contribution is -2.28. The van der Waals surface area contributed by atoms with Gasteiger partial charge in [0.25, 0.3) is 15.9 Å². The van der Waals surface area contributed by atoms with Gasteiger partial charge in [-0.2, -0.15) is 0 Å². The second kappa shape index (κ2) is 8.02. The first-order valence-corrected chi connectivity index (χ1v) is 10.4. The lowest BCUT2D eigenvalue weighted by Gasteiger charge is -2.17. The number of carbonyl (C=O) groups excluding carboxylic acids is 2. The number of benzene rings is 2. The Labute approximate surface area is 164 Å². The van der Waals surface area contributed by atoms with Crippen LogP contribution in [-0.2, 0) is 14.8 Å². The van der Waals surface area contributed by atoms with Crippen molar-refractivity contribution in [1.82, 2.24) is 4.90 Å². The van der Waals surface area contributed by atoms with E-state index in [9.17, 15) is 18.0 Å². The molecule has 0 radical (unpaired) electrons. The molecule has 1 saturated heterocycles. The number of esters is 1. The molecule has 28 heavy (non-hydrogen) atoms. The second-order valence-corrected chi connectivity index (χ2v) is 8.33. The molecule has 1 N–H and O–H groups in total. The van der Waals surface area contributed by atoms with Gasteiger partial charge in [0, 0.05) is 24.3 Å². The number of amides is 1. The number of nitrogens with one attached hydrogen (secondary N) is 1. The van der Waals surface area contributed by atoms with E-state index in [-0.39, 0.29) is 10.8 Å². The van der Waals surface area contributed by atoms with Crippen LogP contribution in [0.2, 0.25) is 0 Å². The van der Waals surface area contributed by atoms with Crippen LogP contribution < -0.4 is 4.72 Å². The Hall–Kier alpha value is -2.87. The van der Waals surface area contributed by atoms with Crippen molar-refractivity contribution in [2.75, 3.05) is 24.9 Å². The molecular formula is C20H22N2O5S. The molecule has 0 aliphatic carbocycles. The van der Waals surface area contributed by atoms with Crippen molar-refractivity contribution in [3.05, 3.63) is 59.2 Å². The summed E-state index contributed by atoms with van der Waals surface area (Å²) in [7, 11) is -2.61. The topological polar surface area (TPSA) is 92.8 Å². The molecule has 0 atom stereocenters. The largest absolute Gasteiger partial charge is 0.465 e. The smallest absolute Gasteiger partial charge is 0.337 e. The minimum Gasteiger partial charge on any atom is -0.465 e. The van der Waals surface area contributed by atoms with Gasteiger partial charge >= 0.3 is 5.97 Å². The Morgan fingerprint density at radius 3 is 2.29 bits per heavy atom. The first-order valence-electron chi connectivity index (χ1n) is 8.93. The molecule has 0 aromatic heterocycles. The normalized spacial score (nSPS) is 14.0. The summed E-state index contributed by atoms with van der Waals surface area (Å²) in [5.74, 6) is -0.646. The summed E-state index contributed by atoms with van der Waals surface area (Å²) in [4.78, 5) is 25.9. The van der Waals surface area contributed by atoms with E-state index in [4.69, 9.17) is 0 Å². The number of aryl methyl sites for hydroxylation is 1. The van der Waals surface area contributed by atoms with Crippen molar-refractivity contribution < 1.29 is 22.7 Å². The lowest BCUT2D eigenvalue weighted by atomic mass is 10.1. The Kier molecular flexibility index (Phi) is 5.69. The maximum Gasteiger partial charge on any atom is 0.337 e. The number of sulfonamides is 1. The average molecular weight is 402 g/mol. The van der Waals surface area contributed by atoms with Gasteiger partial charge in [-0.15, -0.1) is 0 Å². The van der Waals surface area contributed by atoms with Gasteiger partial charge in [-0.05, 0) is 61.7 Å². The Morgan fingerprint density at radius 1 is 1.04 bits per heavy atom. The first kappa shape index (κ1) is 19.9. The van der Waals surface area contributed by atoms with Crippen LogP contribution in [0.25, 0.3) is 0 Å². The summed E-state index contributed by atoms with van der Waals surface area (Å²) in [5.41, 5.74) is 1.75. The van der Waals surface area contributed by atoms with E-state index in [2.05, 4.69) is 9.46 Å². The Bertz CT molecular complexity index is 994. The molecule has 1 aliphatic rings. The van der Waals surface area contributed by atoms with Gasteiger partial charge in [0.2, 0.25) is 0 Å². The number of likely N-dealkylation sites (tertiary alicyclic amines) is 1. The summed E-state index contributed by atoms with van der Waals surface area (Å²) in [5, 5.41) is 0. The van der Waals surface area contributed by atoms with E-state index in [1.54, 1.807) is 17.9 Å². The van der Waals surface area contributed by atoms with E-state index >= 15 is 0 Å². The van der Waals surface area contributed by atoms with Crippen LogP contribution in [0.4, 0.5) is 5.69 Å². The van der Waals surface area contributed by atoms with E-state index < -0.39 is 16.0 Å². The number of hydrogen-bond donors (Lipinski definition) is 1. The zero-order chi connectivity index (χ0) is 20.3. The van der Waals surface area contributed by atoms with Crippen molar-refractivity contribution in [2.24, 2.45) is 0 Å². The van der Waals surface area contributed by atoms with Crippen molar-refractivity contribution in [2.45, 2.75) is 24.7 Å². The van der Waals surface area contributed by atoms with Crippen molar-refractivity contribution in [1.29, 1.82) is 0 Å². The predicted octanol–water partition coefficient (Wildman–Crippen LogP) is 2.82. The van der Waals surface area contributed by atoms with Crippen LogP contribution in [0, 0.1) is 6.92 Å². The van der Waals surface area contributed by atoms with E-state index in [1.165, 1.54) is 43.5 Å². The standard InChI is InChI=1S/C20H22N2O5S/c1-14-5-10-17(13-18(14)19(23)22-11-3-4-12-22)28(25,26)21-16-8-6-15(7-9-16)20(24)27-2/h5-10,13,21H,3-4,11-12H2,1-2H3. The molecule has 3 rings (SSSR count). The molecule has 1 aliphatic heterocycles. The van der Waals surface area contributed by atoms with Crippen LogP contribution in [-0.4, -0.2) is 45.4 Å². The summed E-state index contributed by atoms with van der Waals surface area (Å²) >= 11 is 0. The first-order chi connectivity index (χ1) is 13.3. The van der Waals surface area contributed by atoms with E-state index in [1.807, 2.05) is 0 Å². The molecule has 1 heterocycles. The van der Waals surface area contributed by atoms with Gasteiger partial charge in [-0.3, -0.25) is 9.52 Å². The third-order valence-electron chi connectivity index (χ3n) is 4.70. The van der Waals surface area contributed by atoms with Crippen molar-refractivity contribution >= 4 is 27.6 Å². The monoisotopic (exact) mass is 402 g/mol. The van der Waals surface area contributed by atoms with Crippen LogP contribution >= 0.6 is 0 Å². The number of nitrogens with zero attached hydrogens (tertiary/aromatic N) is 1. The fraction of sp³-hybridized carbons (Fsp3) is 0.300. The molecule has 2 aromatic carbocycles. The molecule has 0 spiro atoms. The molecule has 0 unspecified atom stereocenters. The van der Waals surface area contributed by atoms with Crippen LogP contribution in [0.15, 0.2) is 47.4 Å². The molecule has 1 amide bonds. The fourth-order valence-electron chi connectivity index (χ4n) is 3.10. The Morgan fingerprint density at radius 2 is 1.68 bits per heavy atom. The summed E-state index contributed by atoms with van der Waals surface area (Å²) in [6.07, 6.45) is 1.93. The Balaban J connectivity index is 1.84. The average Bonchev–Trinajstić information content (AvgIpc) is 3.22. The number of rotatable bonds is 5. The minimum absolute atomic E-state index is 0.0118. The zero-order valence-corrected chi connectivity index (χ0v) is 16.6. The third-order valence-corrected chi connectivity index (χ3v) is 6.08. The molecule has 2 aromatic rings. The summed E-state index contributed by atoms with van der Waals surface area (Å²) in [6, 6.07) is 10.4. The molecule has 0 saturated carbocycles. The quantitative estimate of drug-likeness (QED) is 0.777. The van der Waals surface area contributed by atoms with Crippen molar-refractivity contribution in [3.63, 3.8) is 0 Å². The number of hydrogen-bond acceptors (Lipinski definition) is 5. The van der Waals surface area contributed by atoms with Gasteiger partial charge in [0.05, 0.1) is 17.6 Å². The highest BCUT2D eigenvalue weighted by atomic mass is 32.2. The van der Waals surface area contributed by atoms with Gasteiger partial charge in [-0.1, -0.05) is 6.07 Å². The summed E-state index contributed by atoms with van der Waals surface area (Å²) in [6.45, 7) is 3.18. The SMILES string of the molecule is COC(=O)c1ccc(NS(=O)(=O)c2ccc(C)c(C(=O)N3CCCC3)c2)cc1. The maximum atomic E-state index is 12.8. The number of ether oxygens (including phenoxy) is 1. The lowest BCUT2D eigenvalue weighted by molar-refractivity contribution is 0.0600. The zero-order valence-electron chi connectivity index (χ0n) is 15.8. The van der Waals surface area contributed by atoms with Gasteiger partial charge < -0.3 is 9.64 Å². The molecule has 1 fully saturated rings. The highest BCUT2D eigenvalue weighted by molar-refractivity contribution is 7.92. The van der Waals surface area contributed by atoms with Gasteiger partial charge in [0.1, 0.15) is 0 Å². The van der Waals surface area contributed by atoms with Crippen LogP contribution in [0.5, 0.6) is 0 Å². The third kappa shape index (κ3) is 4.17. The highest BCUT2D eigenvalue weighted by Crippen LogP contribution is 2.22. The minimum atomic E-state index is -3.89. The second-order valence-electron chi connectivity index (χ2n) is 6.65. The van der Waals surface area contributed by atoms with Crippen LogP contribution in [0.1, 0.15) is 39.1 Å². The molecule has 7 nitrogen and oxygen atoms in total. The number of methoxy groups -OCH3 is 1. The van der Waals surface area contributed by atoms with E-state index in [0.29, 0.717) is 29.9 Å². The number of carbonyl (C=O) groups is 2. The highest BCUT2D eigenvalue weighted by Gasteiger charge is 2.23. The van der Waals surface area contributed by atoms with E-state index in [0.717, 1.165) is 18.4 Å². The number of anilines is 1. The molecule has 0 bridgehead atoms. The molecule has 8 heteroatoms.